The summed E-state index contributed by atoms with van der Waals surface area (Å²) in [5, 5.41) is 0. The maximum absolute atomic E-state index is 6.08. The molecule has 0 aliphatic heterocycles. The van der Waals surface area contributed by atoms with Gasteiger partial charge in [-0.15, -0.1) is 11.8 Å². The minimum Gasteiger partial charge on any atom is -0.496 e. The van der Waals surface area contributed by atoms with Crippen LogP contribution in [0.2, 0.25) is 0 Å². The normalized spacial score (nSPS) is 17.9. The second kappa shape index (κ2) is 6.48. The standard InChI is InChI=1S/C15H23NOS/c1-11(16)15-13(17-2)8-5-9-14(15)18-10-12-6-3-4-7-12/h5,8-9,11-12H,3-4,6-7,10,16H2,1-2H3. The summed E-state index contributed by atoms with van der Waals surface area (Å²) in [5.74, 6) is 3.02. The van der Waals surface area contributed by atoms with Crippen LogP contribution in [0.15, 0.2) is 23.1 Å². The van der Waals surface area contributed by atoms with Crippen LogP contribution in [0.4, 0.5) is 0 Å². The van der Waals surface area contributed by atoms with Crippen LogP contribution in [0.25, 0.3) is 0 Å². The zero-order valence-corrected chi connectivity index (χ0v) is 12.1. The highest BCUT2D eigenvalue weighted by molar-refractivity contribution is 7.99. The Hall–Kier alpha value is -0.670. The minimum absolute atomic E-state index is 0.0206. The van der Waals surface area contributed by atoms with E-state index in [4.69, 9.17) is 10.5 Å². The lowest BCUT2D eigenvalue weighted by Crippen LogP contribution is -2.09. The third-order valence-corrected chi connectivity index (χ3v) is 4.96. The van der Waals surface area contributed by atoms with E-state index in [2.05, 4.69) is 12.1 Å². The molecule has 0 amide bonds. The molecule has 0 aromatic heterocycles. The molecule has 1 aliphatic rings. The molecule has 1 fully saturated rings. The molecule has 1 aromatic rings. The predicted octanol–water partition coefficient (Wildman–Crippen LogP) is 4.00. The zero-order chi connectivity index (χ0) is 13.0. The molecule has 0 radical (unpaired) electrons. The Bertz CT molecular complexity index is 386. The fourth-order valence-corrected chi connectivity index (χ4v) is 4.03. The number of methoxy groups -OCH3 is 1. The molecular formula is C15H23NOS. The average molecular weight is 265 g/mol. The topological polar surface area (TPSA) is 35.2 Å². The molecule has 1 aliphatic carbocycles. The molecule has 1 saturated carbocycles. The second-order valence-electron chi connectivity index (χ2n) is 5.12. The first-order valence-electron chi connectivity index (χ1n) is 6.77. The largest absolute Gasteiger partial charge is 0.496 e. The first kappa shape index (κ1) is 13.8. The SMILES string of the molecule is COc1cccc(SCC2CCCC2)c1C(C)N. The van der Waals surface area contributed by atoms with E-state index in [1.807, 2.05) is 24.8 Å². The van der Waals surface area contributed by atoms with Gasteiger partial charge in [0.1, 0.15) is 5.75 Å². The summed E-state index contributed by atoms with van der Waals surface area (Å²) >= 11 is 1.94. The lowest BCUT2D eigenvalue weighted by molar-refractivity contribution is 0.405. The third kappa shape index (κ3) is 3.21. The number of nitrogens with two attached hydrogens (primary N) is 1. The van der Waals surface area contributed by atoms with Crippen molar-refractivity contribution in [2.24, 2.45) is 11.7 Å². The summed E-state index contributed by atoms with van der Waals surface area (Å²) in [6.45, 7) is 2.03. The van der Waals surface area contributed by atoms with E-state index in [9.17, 15) is 0 Å². The number of benzene rings is 1. The van der Waals surface area contributed by atoms with E-state index >= 15 is 0 Å². The van der Waals surface area contributed by atoms with Gasteiger partial charge >= 0.3 is 0 Å². The second-order valence-corrected chi connectivity index (χ2v) is 6.18. The molecule has 2 nitrogen and oxygen atoms in total. The Labute approximate surface area is 114 Å². The van der Waals surface area contributed by atoms with Crippen LogP contribution < -0.4 is 10.5 Å². The van der Waals surface area contributed by atoms with Crippen molar-refractivity contribution >= 4 is 11.8 Å². The molecule has 0 saturated heterocycles. The van der Waals surface area contributed by atoms with Crippen molar-refractivity contribution in [3.05, 3.63) is 23.8 Å². The Balaban J connectivity index is 2.10. The number of rotatable bonds is 5. The van der Waals surface area contributed by atoms with Crippen molar-refractivity contribution in [1.29, 1.82) is 0 Å². The molecule has 18 heavy (non-hydrogen) atoms. The molecule has 0 bridgehead atoms. The van der Waals surface area contributed by atoms with Crippen molar-refractivity contribution in [2.75, 3.05) is 12.9 Å². The van der Waals surface area contributed by atoms with Gasteiger partial charge in [0.2, 0.25) is 0 Å². The van der Waals surface area contributed by atoms with Crippen molar-refractivity contribution in [3.63, 3.8) is 0 Å². The molecule has 1 atom stereocenters. The molecule has 3 heteroatoms. The Morgan fingerprint density at radius 3 is 2.72 bits per heavy atom. The highest BCUT2D eigenvalue weighted by Crippen LogP contribution is 2.37. The molecule has 2 N–H and O–H groups in total. The van der Waals surface area contributed by atoms with Gasteiger partial charge in [-0.25, -0.2) is 0 Å². The highest BCUT2D eigenvalue weighted by atomic mass is 32.2. The molecule has 1 aromatic carbocycles. The monoisotopic (exact) mass is 265 g/mol. The minimum atomic E-state index is 0.0206. The average Bonchev–Trinajstić information content (AvgIpc) is 2.88. The van der Waals surface area contributed by atoms with Gasteiger partial charge in [-0.2, -0.15) is 0 Å². The van der Waals surface area contributed by atoms with E-state index in [1.165, 1.54) is 36.3 Å². The van der Waals surface area contributed by atoms with Crippen molar-refractivity contribution in [2.45, 2.75) is 43.5 Å². The van der Waals surface area contributed by atoms with E-state index < -0.39 is 0 Å². The first-order chi connectivity index (χ1) is 8.72. The fraction of sp³-hybridized carbons (Fsp3) is 0.600. The van der Waals surface area contributed by atoms with Gasteiger partial charge in [-0.05, 0) is 37.8 Å². The number of ether oxygens (including phenoxy) is 1. The van der Waals surface area contributed by atoms with Crippen molar-refractivity contribution < 1.29 is 4.74 Å². The molecule has 1 unspecified atom stereocenters. The van der Waals surface area contributed by atoms with Crippen LogP contribution in [0.1, 0.15) is 44.2 Å². The van der Waals surface area contributed by atoms with Gasteiger partial charge in [0.25, 0.3) is 0 Å². The number of hydrogen-bond donors (Lipinski definition) is 1. The quantitative estimate of drug-likeness (QED) is 0.817. The third-order valence-electron chi connectivity index (χ3n) is 3.65. The lowest BCUT2D eigenvalue weighted by Gasteiger charge is -2.17. The summed E-state index contributed by atoms with van der Waals surface area (Å²) in [6, 6.07) is 6.24. The summed E-state index contributed by atoms with van der Waals surface area (Å²) in [5.41, 5.74) is 7.24. The number of hydrogen-bond acceptors (Lipinski definition) is 3. The molecular weight excluding hydrogens is 242 g/mol. The smallest absolute Gasteiger partial charge is 0.124 e. The Morgan fingerprint density at radius 2 is 2.11 bits per heavy atom. The van der Waals surface area contributed by atoms with Crippen LogP contribution in [0.5, 0.6) is 5.75 Å². The van der Waals surface area contributed by atoms with Gasteiger partial charge < -0.3 is 10.5 Å². The Kier molecular flexibility index (Phi) is 4.95. The maximum Gasteiger partial charge on any atom is 0.124 e. The highest BCUT2D eigenvalue weighted by Gasteiger charge is 2.18. The van der Waals surface area contributed by atoms with Crippen LogP contribution in [0.3, 0.4) is 0 Å². The van der Waals surface area contributed by atoms with Gasteiger partial charge in [0.15, 0.2) is 0 Å². The van der Waals surface area contributed by atoms with Crippen LogP contribution in [0, 0.1) is 5.92 Å². The van der Waals surface area contributed by atoms with Gasteiger partial charge in [-0.1, -0.05) is 18.9 Å². The van der Waals surface area contributed by atoms with Gasteiger partial charge in [0.05, 0.1) is 7.11 Å². The zero-order valence-electron chi connectivity index (χ0n) is 11.3. The predicted molar refractivity (Wildman–Crippen MR) is 78.3 cm³/mol. The summed E-state index contributed by atoms with van der Waals surface area (Å²) in [6.07, 6.45) is 5.60. The van der Waals surface area contributed by atoms with E-state index in [-0.39, 0.29) is 6.04 Å². The van der Waals surface area contributed by atoms with Crippen molar-refractivity contribution in [1.82, 2.24) is 0 Å². The van der Waals surface area contributed by atoms with Crippen LogP contribution in [-0.4, -0.2) is 12.9 Å². The van der Waals surface area contributed by atoms with Gasteiger partial charge in [0, 0.05) is 22.3 Å². The molecule has 2 rings (SSSR count). The molecule has 100 valence electrons. The summed E-state index contributed by atoms with van der Waals surface area (Å²) < 4.78 is 5.43. The van der Waals surface area contributed by atoms with E-state index in [0.29, 0.717) is 0 Å². The first-order valence-corrected chi connectivity index (χ1v) is 7.76. The van der Waals surface area contributed by atoms with Crippen LogP contribution in [-0.2, 0) is 0 Å². The van der Waals surface area contributed by atoms with E-state index in [1.54, 1.807) is 7.11 Å². The summed E-state index contributed by atoms with van der Waals surface area (Å²) in [7, 11) is 1.71. The van der Waals surface area contributed by atoms with E-state index in [0.717, 1.165) is 17.2 Å². The fourth-order valence-electron chi connectivity index (χ4n) is 2.66. The van der Waals surface area contributed by atoms with Crippen LogP contribution >= 0.6 is 11.8 Å². The van der Waals surface area contributed by atoms with Gasteiger partial charge in [-0.3, -0.25) is 0 Å². The lowest BCUT2D eigenvalue weighted by atomic mass is 10.1. The maximum atomic E-state index is 6.08. The summed E-state index contributed by atoms with van der Waals surface area (Å²) in [4.78, 5) is 1.29. The van der Waals surface area contributed by atoms with Crippen molar-refractivity contribution in [3.8, 4) is 5.75 Å². The Morgan fingerprint density at radius 1 is 1.39 bits per heavy atom. The number of thioether (sulfide) groups is 1. The molecule has 0 heterocycles. The molecule has 0 spiro atoms.